The van der Waals surface area contributed by atoms with Gasteiger partial charge in [-0.25, -0.2) is 4.98 Å². The van der Waals surface area contributed by atoms with Crippen LogP contribution in [0.15, 0.2) is 186 Å². The van der Waals surface area contributed by atoms with Gasteiger partial charge in [0.05, 0.1) is 22.2 Å². The lowest BCUT2D eigenvalue weighted by Gasteiger charge is -2.17. The van der Waals surface area contributed by atoms with Crippen LogP contribution in [-0.2, 0) is 0 Å². The molecule has 0 aliphatic heterocycles. The fourth-order valence-electron chi connectivity index (χ4n) is 8.16. The van der Waals surface area contributed by atoms with Crippen LogP contribution in [0, 0.1) is 0 Å². The standard InChI is InChI=1S/C49H30N2O/c1-2-13-32(14-3-1)44-30-41(49-37-15-5-4-12-31(37)22-24-43(49)50-44)35-26-34(33-23-25-48-42(29-33)40-18-8-11-21-47(40)52-48)27-36(28-35)51-45-19-9-6-16-38(45)39-17-7-10-20-46(39)51/h1-30H. The Labute approximate surface area is 299 Å². The van der Waals surface area contributed by atoms with Crippen molar-refractivity contribution >= 4 is 65.4 Å². The Morgan fingerprint density at radius 2 is 1.06 bits per heavy atom. The van der Waals surface area contributed by atoms with Gasteiger partial charge >= 0.3 is 0 Å². The molecule has 242 valence electrons. The second-order valence-corrected chi connectivity index (χ2v) is 13.5. The molecule has 0 unspecified atom stereocenters. The molecule has 0 fully saturated rings. The lowest BCUT2D eigenvalue weighted by atomic mass is 9.92. The number of hydrogen-bond donors (Lipinski definition) is 0. The summed E-state index contributed by atoms with van der Waals surface area (Å²) >= 11 is 0. The highest BCUT2D eigenvalue weighted by Gasteiger charge is 2.18. The topological polar surface area (TPSA) is 31.0 Å². The molecule has 0 saturated carbocycles. The molecule has 0 saturated heterocycles. The van der Waals surface area contributed by atoms with Crippen molar-refractivity contribution in [2.24, 2.45) is 0 Å². The van der Waals surface area contributed by atoms with Crippen LogP contribution < -0.4 is 0 Å². The van der Waals surface area contributed by atoms with Crippen LogP contribution in [-0.4, -0.2) is 9.55 Å². The van der Waals surface area contributed by atoms with Crippen molar-refractivity contribution in [2.45, 2.75) is 0 Å². The van der Waals surface area contributed by atoms with Crippen LogP contribution >= 0.6 is 0 Å². The maximum absolute atomic E-state index is 6.25. The molecular weight excluding hydrogens is 633 g/mol. The number of nitrogens with zero attached hydrogens (tertiary/aromatic N) is 2. The maximum atomic E-state index is 6.25. The van der Waals surface area contributed by atoms with Gasteiger partial charge < -0.3 is 8.98 Å². The smallest absolute Gasteiger partial charge is 0.135 e. The summed E-state index contributed by atoms with van der Waals surface area (Å²) in [5, 5.41) is 8.25. The number of benzene rings is 8. The SMILES string of the molecule is c1ccc(-c2cc(-c3cc(-c4ccc5oc6ccccc6c5c4)cc(-n4c5ccccc5c5ccccc54)c3)c3c(ccc4ccccc43)n2)cc1. The fourth-order valence-corrected chi connectivity index (χ4v) is 8.16. The van der Waals surface area contributed by atoms with Crippen LogP contribution in [0.2, 0.25) is 0 Å². The number of aromatic nitrogens is 2. The molecule has 11 aromatic rings. The Kier molecular flexibility index (Phi) is 6.25. The minimum absolute atomic E-state index is 0.892. The lowest BCUT2D eigenvalue weighted by Crippen LogP contribution is -1.97. The average Bonchev–Trinajstić information content (AvgIpc) is 3.76. The molecule has 52 heavy (non-hydrogen) atoms. The molecule has 0 N–H and O–H groups in total. The fraction of sp³-hybridized carbons (Fsp3) is 0. The zero-order valence-electron chi connectivity index (χ0n) is 28.1. The second kappa shape index (κ2) is 11.3. The highest BCUT2D eigenvalue weighted by atomic mass is 16.3. The van der Waals surface area contributed by atoms with Crippen molar-refractivity contribution < 1.29 is 4.42 Å². The van der Waals surface area contributed by atoms with Gasteiger partial charge in [-0.15, -0.1) is 0 Å². The summed E-state index contributed by atoms with van der Waals surface area (Å²) in [4.78, 5) is 5.26. The monoisotopic (exact) mass is 662 g/mol. The first-order valence-electron chi connectivity index (χ1n) is 17.7. The number of rotatable bonds is 4. The lowest BCUT2D eigenvalue weighted by molar-refractivity contribution is 0.669. The van der Waals surface area contributed by atoms with Crippen LogP contribution in [0.3, 0.4) is 0 Å². The summed E-state index contributed by atoms with van der Waals surface area (Å²) in [5.41, 5.74) is 12.8. The Morgan fingerprint density at radius 3 is 1.87 bits per heavy atom. The van der Waals surface area contributed by atoms with E-state index in [1.165, 1.54) is 32.6 Å². The Bertz CT molecular complexity index is 3130. The molecule has 3 heteroatoms. The summed E-state index contributed by atoms with van der Waals surface area (Å²) in [5.74, 6) is 0. The van der Waals surface area contributed by atoms with Gasteiger partial charge in [0.2, 0.25) is 0 Å². The zero-order chi connectivity index (χ0) is 34.2. The predicted octanol–water partition coefficient (Wildman–Crippen LogP) is 13.4. The van der Waals surface area contributed by atoms with E-state index in [0.29, 0.717) is 0 Å². The van der Waals surface area contributed by atoms with Crippen molar-refractivity contribution in [3.05, 3.63) is 182 Å². The molecule has 3 nitrogen and oxygen atoms in total. The average molecular weight is 663 g/mol. The minimum atomic E-state index is 0.892. The molecule has 11 rings (SSSR count). The number of pyridine rings is 1. The van der Waals surface area contributed by atoms with Gasteiger partial charge in [0.1, 0.15) is 11.2 Å². The van der Waals surface area contributed by atoms with Crippen molar-refractivity contribution in [1.82, 2.24) is 9.55 Å². The minimum Gasteiger partial charge on any atom is -0.456 e. The molecule has 0 amide bonds. The normalized spacial score (nSPS) is 11.8. The first-order valence-corrected chi connectivity index (χ1v) is 17.7. The van der Waals surface area contributed by atoms with Crippen molar-refractivity contribution in [1.29, 1.82) is 0 Å². The molecule has 0 radical (unpaired) electrons. The zero-order valence-corrected chi connectivity index (χ0v) is 28.1. The molecule has 0 atom stereocenters. The summed E-state index contributed by atoms with van der Waals surface area (Å²) < 4.78 is 8.67. The molecule has 0 aliphatic carbocycles. The van der Waals surface area contributed by atoms with E-state index in [9.17, 15) is 0 Å². The van der Waals surface area contributed by atoms with E-state index in [1.807, 2.05) is 12.1 Å². The third-order valence-electron chi connectivity index (χ3n) is 10.5. The van der Waals surface area contributed by atoms with Crippen LogP contribution in [0.25, 0.3) is 105 Å². The molecule has 0 aliphatic rings. The van der Waals surface area contributed by atoms with Gasteiger partial charge in [-0.3, -0.25) is 0 Å². The van der Waals surface area contributed by atoms with Gasteiger partial charge in [0.15, 0.2) is 0 Å². The van der Waals surface area contributed by atoms with Crippen LogP contribution in [0.1, 0.15) is 0 Å². The van der Waals surface area contributed by atoms with Crippen LogP contribution in [0.4, 0.5) is 0 Å². The molecule has 8 aromatic carbocycles. The summed E-state index contributed by atoms with van der Waals surface area (Å²) in [6, 6.07) is 65.2. The van der Waals surface area contributed by atoms with Gasteiger partial charge in [-0.2, -0.15) is 0 Å². The number of fused-ring (bicyclic) bond motifs is 9. The Hall–Kier alpha value is -6.97. The van der Waals surface area contributed by atoms with Crippen LogP contribution in [0.5, 0.6) is 0 Å². The van der Waals surface area contributed by atoms with E-state index in [1.54, 1.807) is 0 Å². The number of hydrogen-bond acceptors (Lipinski definition) is 2. The van der Waals surface area contributed by atoms with Crippen molar-refractivity contribution in [3.63, 3.8) is 0 Å². The molecular formula is C49H30N2O. The molecule has 0 bridgehead atoms. The van der Waals surface area contributed by atoms with Gasteiger partial charge in [0, 0.05) is 38.2 Å². The van der Waals surface area contributed by atoms with E-state index in [2.05, 4.69) is 174 Å². The van der Waals surface area contributed by atoms with Gasteiger partial charge in [-0.05, 0) is 93.7 Å². The second-order valence-electron chi connectivity index (χ2n) is 13.5. The van der Waals surface area contributed by atoms with E-state index < -0.39 is 0 Å². The predicted molar refractivity (Wildman–Crippen MR) is 217 cm³/mol. The van der Waals surface area contributed by atoms with E-state index in [4.69, 9.17) is 9.40 Å². The summed E-state index contributed by atoms with van der Waals surface area (Å²) in [6.07, 6.45) is 0. The van der Waals surface area contributed by atoms with E-state index in [-0.39, 0.29) is 0 Å². The maximum Gasteiger partial charge on any atom is 0.135 e. The molecule has 3 aromatic heterocycles. The highest BCUT2D eigenvalue weighted by Crippen LogP contribution is 2.41. The van der Waals surface area contributed by atoms with E-state index in [0.717, 1.165) is 72.0 Å². The van der Waals surface area contributed by atoms with Gasteiger partial charge in [-0.1, -0.05) is 121 Å². The molecule has 0 spiro atoms. The molecule has 3 heterocycles. The number of para-hydroxylation sites is 3. The van der Waals surface area contributed by atoms with Crippen molar-refractivity contribution in [2.75, 3.05) is 0 Å². The van der Waals surface area contributed by atoms with Gasteiger partial charge in [0.25, 0.3) is 0 Å². The third-order valence-corrected chi connectivity index (χ3v) is 10.5. The summed E-state index contributed by atoms with van der Waals surface area (Å²) in [6.45, 7) is 0. The Balaban J connectivity index is 1.26. The quantitative estimate of drug-likeness (QED) is 0.176. The summed E-state index contributed by atoms with van der Waals surface area (Å²) in [7, 11) is 0. The number of furan rings is 1. The third kappa shape index (κ3) is 4.43. The first kappa shape index (κ1) is 28.8. The largest absolute Gasteiger partial charge is 0.456 e. The van der Waals surface area contributed by atoms with E-state index >= 15 is 0 Å². The first-order chi connectivity index (χ1) is 25.8. The highest BCUT2D eigenvalue weighted by molar-refractivity contribution is 6.15. The Morgan fingerprint density at radius 1 is 0.404 bits per heavy atom. The van der Waals surface area contributed by atoms with Crippen molar-refractivity contribution in [3.8, 4) is 39.2 Å².